The predicted octanol–water partition coefficient (Wildman–Crippen LogP) is 1.67. The van der Waals surface area contributed by atoms with Crippen LogP contribution in [0, 0.1) is 5.92 Å². The van der Waals surface area contributed by atoms with Gasteiger partial charge in [-0.1, -0.05) is 6.42 Å². The van der Waals surface area contributed by atoms with Crippen molar-refractivity contribution in [1.29, 1.82) is 0 Å². The highest BCUT2D eigenvalue weighted by Crippen LogP contribution is 2.21. The zero-order valence-corrected chi connectivity index (χ0v) is 12.3. The van der Waals surface area contributed by atoms with E-state index in [1.165, 1.54) is 6.42 Å². The number of nitrogens with zero attached hydrogens (tertiary/aromatic N) is 2. The van der Waals surface area contributed by atoms with Crippen molar-refractivity contribution in [2.45, 2.75) is 58.0 Å². The van der Waals surface area contributed by atoms with Crippen molar-refractivity contribution in [2.75, 3.05) is 13.1 Å². The number of urea groups is 1. The van der Waals surface area contributed by atoms with Gasteiger partial charge in [0.15, 0.2) is 0 Å². The summed E-state index contributed by atoms with van der Waals surface area (Å²) in [7, 11) is 0. The van der Waals surface area contributed by atoms with Crippen LogP contribution in [0.1, 0.15) is 46.0 Å². The van der Waals surface area contributed by atoms with Crippen molar-refractivity contribution in [3.63, 3.8) is 0 Å². The van der Waals surface area contributed by atoms with E-state index in [0.717, 1.165) is 19.3 Å². The Labute approximate surface area is 120 Å². The van der Waals surface area contributed by atoms with Crippen molar-refractivity contribution in [3.05, 3.63) is 0 Å². The number of carboxylic acids is 1. The molecule has 2 saturated heterocycles. The number of hydrogen-bond acceptors (Lipinski definition) is 3. The number of carbonyl (C=O) groups excluding carboxylic acids is 1. The van der Waals surface area contributed by atoms with Gasteiger partial charge in [-0.15, -0.1) is 0 Å². The summed E-state index contributed by atoms with van der Waals surface area (Å²) in [5, 5.41) is 11.1. The zero-order valence-electron chi connectivity index (χ0n) is 12.3. The number of amides is 2. The van der Waals surface area contributed by atoms with Crippen molar-refractivity contribution in [3.8, 4) is 0 Å². The van der Waals surface area contributed by atoms with E-state index in [9.17, 15) is 9.59 Å². The first-order valence-electron chi connectivity index (χ1n) is 7.55. The van der Waals surface area contributed by atoms with E-state index in [0.29, 0.717) is 31.6 Å². The van der Waals surface area contributed by atoms with Crippen molar-refractivity contribution in [1.82, 2.24) is 15.3 Å². The summed E-state index contributed by atoms with van der Waals surface area (Å²) >= 11 is 0. The molecule has 2 fully saturated rings. The number of rotatable bonds is 2. The second kappa shape index (κ2) is 6.43. The first-order valence-corrected chi connectivity index (χ1v) is 7.55. The van der Waals surface area contributed by atoms with Gasteiger partial charge in [-0.25, -0.2) is 9.80 Å². The molecule has 6 nitrogen and oxygen atoms in total. The lowest BCUT2D eigenvalue weighted by molar-refractivity contribution is -0.143. The molecule has 0 spiro atoms. The first-order chi connectivity index (χ1) is 9.49. The molecule has 2 aliphatic heterocycles. The van der Waals surface area contributed by atoms with Crippen LogP contribution in [0.15, 0.2) is 0 Å². The lowest BCUT2D eigenvalue weighted by Crippen LogP contribution is -2.58. The molecule has 3 atom stereocenters. The molecule has 0 aromatic carbocycles. The summed E-state index contributed by atoms with van der Waals surface area (Å²) in [6.07, 6.45) is 4.79. The Morgan fingerprint density at radius 1 is 1.10 bits per heavy atom. The minimum absolute atomic E-state index is 0.156. The third-order valence-electron chi connectivity index (χ3n) is 4.48. The standard InChI is InChI=1S/C14H25N3O3/c1-10-5-3-6-11(2)17(10)15-14(20)16-8-4-7-12(9-16)13(18)19/h10-12H,3-9H2,1-2H3,(H,15,20)(H,18,19)/t10?,11?,12-/m1/s1. The number of hydrogen-bond donors (Lipinski definition) is 2. The van der Waals surface area contributed by atoms with Crippen LogP contribution in [0.4, 0.5) is 4.79 Å². The maximum atomic E-state index is 12.3. The van der Waals surface area contributed by atoms with Crippen LogP contribution in [0.3, 0.4) is 0 Å². The average molecular weight is 283 g/mol. The van der Waals surface area contributed by atoms with Crippen LogP contribution >= 0.6 is 0 Å². The van der Waals surface area contributed by atoms with Gasteiger partial charge in [0.2, 0.25) is 0 Å². The molecule has 0 saturated carbocycles. The monoisotopic (exact) mass is 283 g/mol. The highest BCUT2D eigenvalue weighted by molar-refractivity contribution is 5.76. The molecule has 0 radical (unpaired) electrons. The van der Waals surface area contributed by atoms with Crippen LogP contribution in [-0.2, 0) is 4.79 Å². The van der Waals surface area contributed by atoms with Gasteiger partial charge in [-0.3, -0.25) is 10.2 Å². The molecule has 2 rings (SSSR count). The summed E-state index contributed by atoms with van der Waals surface area (Å²) in [5.74, 6) is -1.23. The van der Waals surface area contributed by atoms with Crippen LogP contribution in [0.25, 0.3) is 0 Å². The Morgan fingerprint density at radius 3 is 2.35 bits per heavy atom. The van der Waals surface area contributed by atoms with Crippen LogP contribution in [-0.4, -0.2) is 52.2 Å². The molecule has 0 aliphatic carbocycles. The maximum Gasteiger partial charge on any atom is 0.331 e. The minimum Gasteiger partial charge on any atom is -0.481 e. The van der Waals surface area contributed by atoms with Gasteiger partial charge in [0, 0.05) is 25.2 Å². The molecule has 20 heavy (non-hydrogen) atoms. The van der Waals surface area contributed by atoms with E-state index in [1.54, 1.807) is 4.90 Å². The van der Waals surface area contributed by atoms with Gasteiger partial charge < -0.3 is 10.0 Å². The Kier molecular flexibility index (Phi) is 4.86. The van der Waals surface area contributed by atoms with Gasteiger partial charge in [-0.05, 0) is 39.5 Å². The van der Waals surface area contributed by atoms with E-state index in [2.05, 4.69) is 19.3 Å². The van der Waals surface area contributed by atoms with Crippen LogP contribution in [0.2, 0.25) is 0 Å². The molecule has 2 N–H and O–H groups in total. The van der Waals surface area contributed by atoms with Crippen LogP contribution in [0.5, 0.6) is 0 Å². The van der Waals surface area contributed by atoms with Gasteiger partial charge in [0.05, 0.1) is 5.92 Å². The van der Waals surface area contributed by atoms with Crippen LogP contribution < -0.4 is 5.43 Å². The SMILES string of the molecule is CC1CCCC(C)N1NC(=O)N1CCC[C@@H](C(=O)O)C1. The van der Waals surface area contributed by atoms with Gasteiger partial charge in [-0.2, -0.15) is 0 Å². The van der Waals surface area contributed by atoms with Crippen molar-refractivity contribution < 1.29 is 14.7 Å². The molecule has 2 heterocycles. The summed E-state index contributed by atoms with van der Waals surface area (Å²) < 4.78 is 0. The molecule has 2 unspecified atom stereocenters. The second-order valence-electron chi connectivity index (χ2n) is 6.08. The maximum absolute atomic E-state index is 12.3. The molecule has 2 aliphatic rings. The Morgan fingerprint density at radius 2 is 1.75 bits per heavy atom. The summed E-state index contributed by atoms with van der Waals surface area (Å²) in [5.41, 5.74) is 2.97. The molecule has 114 valence electrons. The smallest absolute Gasteiger partial charge is 0.331 e. The number of nitrogens with one attached hydrogen (secondary N) is 1. The molecular formula is C14H25N3O3. The number of piperidine rings is 2. The molecular weight excluding hydrogens is 258 g/mol. The fraction of sp³-hybridized carbons (Fsp3) is 0.857. The number of carboxylic acid groups (broad SMARTS) is 1. The first kappa shape index (κ1) is 15.1. The molecule has 6 heteroatoms. The van der Waals surface area contributed by atoms with E-state index in [1.807, 2.05) is 5.01 Å². The summed E-state index contributed by atoms with van der Waals surface area (Å²) in [4.78, 5) is 25.0. The Bertz CT molecular complexity index is 365. The fourth-order valence-corrected chi connectivity index (χ4v) is 3.19. The topological polar surface area (TPSA) is 72.9 Å². The molecule has 0 aromatic heterocycles. The highest BCUT2D eigenvalue weighted by atomic mass is 16.4. The second-order valence-corrected chi connectivity index (χ2v) is 6.08. The fourth-order valence-electron chi connectivity index (χ4n) is 3.19. The van der Waals surface area contributed by atoms with Crippen molar-refractivity contribution in [2.24, 2.45) is 5.92 Å². The van der Waals surface area contributed by atoms with Gasteiger partial charge >= 0.3 is 12.0 Å². The molecule has 0 bridgehead atoms. The van der Waals surface area contributed by atoms with E-state index >= 15 is 0 Å². The third kappa shape index (κ3) is 3.42. The largest absolute Gasteiger partial charge is 0.481 e. The zero-order chi connectivity index (χ0) is 14.7. The van der Waals surface area contributed by atoms with Gasteiger partial charge in [0.25, 0.3) is 0 Å². The quantitative estimate of drug-likeness (QED) is 0.808. The lowest BCUT2D eigenvalue weighted by atomic mass is 9.98. The lowest BCUT2D eigenvalue weighted by Gasteiger charge is -2.40. The summed E-state index contributed by atoms with van der Waals surface area (Å²) in [6, 6.07) is 0.516. The predicted molar refractivity (Wildman–Crippen MR) is 75.1 cm³/mol. The number of carbonyl (C=O) groups is 2. The van der Waals surface area contributed by atoms with E-state index in [4.69, 9.17) is 5.11 Å². The molecule has 2 amide bonds. The normalized spacial score (nSPS) is 31.9. The molecule has 0 aromatic rings. The van der Waals surface area contributed by atoms with E-state index < -0.39 is 11.9 Å². The Balaban J connectivity index is 1.92. The van der Waals surface area contributed by atoms with Crippen molar-refractivity contribution >= 4 is 12.0 Å². The Hall–Kier alpha value is -1.30. The van der Waals surface area contributed by atoms with E-state index in [-0.39, 0.29) is 6.03 Å². The average Bonchev–Trinajstić information content (AvgIpc) is 2.43. The van der Waals surface area contributed by atoms with Gasteiger partial charge in [0.1, 0.15) is 0 Å². The number of aliphatic carboxylic acids is 1. The minimum atomic E-state index is -0.804. The summed E-state index contributed by atoms with van der Waals surface area (Å²) in [6.45, 7) is 5.20. The number of likely N-dealkylation sites (tertiary alicyclic amines) is 1. The third-order valence-corrected chi connectivity index (χ3v) is 4.48. The highest BCUT2D eigenvalue weighted by Gasteiger charge is 2.31. The number of hydrazine groups is 1.